The zero-order valence-corrected chi connectivity index (χ0v) is 13.7. The molecule has 2 aromatic rings. The fourth-order valence-corrected chi connectivity index (χ4v) is 3.07. The molecular weight excluding hydrogens is 308 g/mol. The number of rotatable bonds is 5. The zero-order valence-electron chi connectivity index (χ0n) is 13.7. The van der Waals surface area contributed by atoms with E-state index in [0.717, 1.165) is 18.5 Å². The number of aliphatic hydroxyl groups is 1. The third-order valence-corrected chi connectivity index (χ3v) is 4.40. The van der Waals surface area contributed by atoms with Gasteiger partial charge in [-0.15, -0.1) is 0 Å². The first-order valence-electron chi connectivity index (χ1n) is 8.02. The van der Waals surface area contributed by atoms with Crippen molar-refractivity contribution in [3.05, 3.63) is 58.0 Å². The number of pyridine rings is 1. The van der Waals surface area contributed by atoms with E-state index in [9.17, 15) is 15.0 Å². The van der Waals surface area contributed by atoms with Gasteiger partial charge in [-0.05, 0) is 18.6 Å². The average Bonchev–Trinajstić information content (AvgIpc) is 3.00. The van der Waals surface area contributed by atoms with Crippen LogP contribution in [-0.4, -0.2) is 46.0 Å². The van der Waals surface area contributed by atoms with Gasteiger partial charge in [0.25, 0.3) is 5.56 Å². The Labute approximate surface area is 140 Å². The van der Waals surface area contributed by atoms with Gasteiger partial charge in [-0.25, -0.2) is 0 Å². The van der Waals surface area contributed by atoms with Gasteiger partial charge in [-0.3, -0.25) is 9.69 Å². The predicted octanol–water partition coefficient (Wildman–Crippen LogP) is 1.18. The average molecular weight is 330 g/mol. The maximum atomic E-state index is 12.4. The van der Waals surface area contributed by atoms with Gasteiger partial charge >= 0.3 is 0 Å². The third-order valence-electron chi connectivity index (χ3n) is 4.40. The number of ether oxygens (including phenoxy) is 1. The monoisotopic (exact) mass is 330 g/mol. The second-order valence-electron chi connectivity index (χ2n) is 6.11. The number of hydrogen-bond donors (Lipinski definition) is 2. The standard InChI is InChI=1S/C18H22N2O4/c1-24-16-5-3-2-4-13(16)11-20-9-6-14(17(22)18(20)23)10-19-8-7-15(21)12-19/h2-6,9,15,21-22H,7-8,10-12H2,1H3. The molecule has 1 aliphatic rings. The number of methoxy groups -OCH3 is 1. The molecule has 1 atom stereocenters. The summed E-state index contributed by atoms with van der Waals surface area (Å²) >= 11 is 0. The Morgan fingerprint density at radius 1 is 1.21 bits per heavy atom. The van der Waals surface area contributed by atoms with E-state index in [0.29, 0.717) is 30.9 Å². The minimum atomic E-state index is -0.418. The highest BCUT2D eigenvalue weighted by Gasteiger charge is 2.21. The molecule has 0 radical (unpaired) electrons. The molecule has 1 saturated heterocycles. The summed E-state index contributed by atoms with van der Waals surface area (Å²) in [5.41, 5.74) is 1.04. The molecular formula is C18H22N2O4. The van der Waals surface area contributed by atoms with Crippen LogP contribution in [0.2, 0.25) is 0 Å². The van der Waals surface area contributed by atoms with Gasteiger partial charge in [0.05, 0.1) is 19.8 Å². The minimum Gasteiger partial charge on any atom is -0.503 e. The van der Waals surface area contributed by atoms with Gasteiger partial charge < -0.3 is 19.5 Å². The van der Waals surface area contributed by atoms with Gasteiger partial charge in [0.15, 0.2) is 5.75 Å². The molecule has 0 aliphatic carbocycles. The Balaban J connectivity index is 1.81. The second kappa shape index (κ2) is 7.07. The van der Waals surface area contributed by atoms with Crippen LogP contribution in [0.4, 0.5) is 0 Å². The molecule has 1 fully saturated rings. The number of hydrogen-bond acceptors (Lipinski definition) is 5. The molecule has 6 heteroatoms. The molecule has 0 bridgehead atoms. The minimum absolute atomic E-state index is 0.228. The Hall–Kier alpha value is -2.31. The maximum absolute atomic E-state index is 12.4. The quantitative estimate of drug-likeness (QED) is 0.861. The maximum Gasteiger partial charge on any atom is 0.293 e. The summed E-state index contributed by atoms with van der Waals surface area (Å²) in [7, 11) is 1.59. The highest BCUT2D eigenvalue weighted by molar-refractivity contribution is 5.35. The molecule has 128 valence electrons. The molecule has 0 saturated carbocycles. The van der Waals surface area contributed by atoms with Gasteiger partial charge in [0.2, 0.25) is 0 Å². The van der Waals surface area contributed by atoms with Crippen molar-refractivity contribution in [1.29, 1.82) is 0 Å². The van der Waals surface area contributed by atoms with Crippen LogP contribution in [-0.2, 0) is 13.1 Å². The summed E-state index contributed by atoms with van der Waals surface area (Å²) in [6.07, 6.45) is 2.10. The van der Waals surface area contributed by atoms with Gasteiger partial charge in [-0.2, -0.15) is 0 Å². The molecule has 1 aliphatic heterocycles. The van der Waals surface area contributed by atoms with Crippen LogP contribution in [0.3, 0.4) is 0 Å². The second-order valence-corrected chi connectivity index (χ2v) is 6.11. The predicted molar refractivity (Wildman–Crippen MR) is 90.4 cm³/mol. The van der Waals surface area contributed by atoms with Gasteiger partial charge in [0, 0.05) is 37.0 Å². The molecule has 6 nitrogen and oxygen atoms in total. The van der Waals surface area contributed by atoms with Crippen LogP contribution in [0, 0.1) is 0 Å². The lowest BCUT2D eigenvalue weighted by Gasteiger charge is -2.17. The van der Waals surface area contributed by atoms with Crippen molar-refractivity contribution in [2.45, 2.75) is 25.6 Å². The topological polar surface area (TPSA) is 74.9 Å². The Morgan fingerprint density at radius 3 is 2.71 bits per heavy atom. The number of nitrogens with zero attached hydrogens (tertiary/aromatic N) is 2. The van der Waals surface area contributed by atoms with Crippen LogP contribution in [0.15, 0.2) is 41.3 Å². The van der Waals surface area contributed by atoms with Crippen LogP contribution in [0.1, 0.15) is 17.5 Å². The van der Waals surface area contributed by atoms with E-state index >= 15 is 0 Å². The highest BCUT2D eigenvalue weighted by Crippen LogP contribution is 2.20. The molecule has 3 rings (SSSR count). The molecule has 0 spiro atoms. The van der Waals surface area contributed by atoms with E-state index < -0.39 is 5.56 Å². The van der Waals surface area contributed by atoms with Crippen LogP contribution in [0.5, 0.6) is 11.5 Å². The fraction of sp³-hybridized carbons (Fsp3) is 0.389. The van der Waals surface area contributed by atoms with E-state index in [-0.39, 0.29) is 11.9 Å². The molecule has 2 N–H and O–H groups in total. The van der Waals surface area contributed by atoms with E-state index in [1.165, 1.54) is 4.57 Å². The van der Waals surface area contributed by atoms with Gasteiger partial charge in [0.1, 0.15) is 5.75 Å². The van der Waals surface area contributed by atoms with E-state index in [4.69, 9.17) is 4.74 Å². The Morgan fingerprint density at radius 2 is 2.00 bits per heavy atom. The van der Waals surface area contributed by atoms with Crippen LogP contribution in [0.25, 0.3) is 0 Å². The molecule has 2 heterocycles. The van der Waals surface area contributed by atoms with Crippen molar-refractivity contribution < 1.29 is 14.9 Å². The lowest BCUT2D eigenvalue weighted by Crippen LogP contribution is -2.25. The third kappa shape index (κ3) is 3.44. The van der Waals surface area contributed by atoms with Crippen molar-refractivity contribution in [3.63, 3.8) is 0 Å². The largest absolute Gasteiger partial charge is 0.503 e. The molecule has 0 amide bonds. The SMILES string of the molecule is COc1ccccc1Cn1ccc(CN2CCC(O)C2)c(O)c1=O. The van der Waals surface area contributed by atoms with E-state index in [2.05, 4.69) is 0 Å². The molecule has 1 aromatic carbocycles. The Kier molecular flexibility index (Phi) is 4.87. The number of β-amino-alcohol motifs (C(OH)–C–C–N with tert-alkyl or cyclic N) is 1. The van der Waals surface area contributed by atoms with Crippen LogP contribution >= 0.6 is 0 Å². The highest BCUT2D eigenvalue weighted by atomic mass is 16.5. The van der Waals surface area contributed by atoms with Crippen LogP contribution < -0.4 is 10.3 Å². The molecule has 1 unspecified atom stereocenters. The summed E-state index contributed by atoms with van der Waals surface area (Å²) < 4.78 is 6.77. The number of likely N-dealkylation sites (tertiary alicyclic amines) is 1. The van der Waals surface area contributed by atoms with E-state index in [1.54, 1.807) is 19.4 Å². The first-order valence-corrected chi connectivity index (χ1v) is 8.02. The van der Waals surface area contributed by atoms with Crippen molar-refractivity contribution in [2.24, 2.45) is 0 Å². The lowest BCUT2D eigenvalue weighted by atomic mass is 10.2. The van der Waals surface area contributed by atoms with Crippen molar-refractivity contribution in [2.75, 3.05) is 20.2 Å². The van der Waals surface area contributed by atoms with E-state index in [1.807, 2.05) is 29.2 Å². The van der Waals surface area contributed by atoms with Gasteiger partial charge in [-0.1, -0.05) is 18.2 Å². The summed E-state index contributed by atoms with van der Waals surface area (Å²) in [4.78, 5) is 14.5. The lowest BCUT2D eigenvalue weighted by molar-refractivity contribution is 0.174. The summed E-state index contributed by atoms with van der Waals surface area (Å²) in [5, 5.41) is 19.8. The molecule has 24 heavy (non-hydrogen) atoms. The fourth-order valence-electron chi connectivity index (χ4n) is 3.07. The van der Waals surface area contributed by atoms with Crippen molar-refractivity contribution in [3.8, 4) is 11.5 Å². The number of para-hydroxylation sites is 1. The smallest absolute Gasteiger partial charge is 0.293 e. The first-order chi connectivity index (χ1) is 11.6. The normalized spacial score (nSPS) is 18.0. The van der Waals surface area contributed by atoms with Crippen molar-refractivity contribution >= 4 is 0 Å². The van der Waals surface area contributed by atoms with Crippen molar-refractivity contribution in [1.82, 2.24) is 9.47 Å². The number of benzene rings is 1. The zero-order chi connectivity index (χ0) is 17.1. The first kappa shape index (κ1) is 16.5. The molecule has 1 aromatic heterocycles. The summed E-state index contributed by atoms with van der Waals surface area (Å²) in [6, 6.07) is 9.25. The Bertz CT molecular complexity index is 772. The summed E-state index contributed by atoms with van der Waals surface area (Å²) in [5.74, 6) is 0.479. The number of aliphatic hydroxyl groups excluding tert-OH is 1. The number of aromatic nitrogens is 1. The summed E-state index contributed by atoms with van der Waals surface area (Å²) in [6.45, 7) is 2.14. The number of aromatic hydroxyl groups is 1.